The van der Waals surface area contributed by atoms with Crippen molar-refractivity contribution in [3.63, 3.8) is 0 Å². The Morgan fingerprint density at radius 3 is 2.81 bits per heavy atom. The summed E-state index contributed by atoms with van der Waals surface area (Å²) in [7, 11) is -2.38. The lowest BCUT2D eigenvalue weighted by Gasteiger charge is -2.26. The number of anilines is 1. The Kier molecular flexibility index (Phi) is 6.80. The van der Waals surface area contributed by atoms with Gasteiger partial charge in [0.25, 0.3) is 0 Å². The zero-order valence-electron chi connectivity index (χ0n) is 17.4. The minimum Gasteiger partial charge on any atom is -0.495 e. The van der Waals surface area contributed by atoms with Crippen molar-refractivity contribution in [3.8, 4) is 16.3 Å². The molecular formula is C21H22N4O5S2. The largest absolute Gasteiger partial charge is 0.495 e. The van der Waals surface area contributed by atoms with Crippen molar-refractivity contribution in [2.24, 2.45) is 0 Å². The lowest BCUT2D eigenvalue weighted by atomic mass is 10.2. The van der Waals surface area contributed by atoms with Gasteiger partial charge in [-0.2, -0.15) is 4.31 Å². The number of thiazole rings is 1. The van der Waals surface area contributed by atoms with Gasteiger partial charge in [-0.25, -0.2) is 13.4 Å². The van der Waals surface area contributed by atoms with Crippen LogP contribution in [0.5, 0.6) is 5.75 Å². The van der Waals surface area contributed by atoms with E-state index in [1.807, 2.05) is 17.5 Å². The molecule has 0 unspecified atom stereocenters. The Bertz CT molecular complexity index is 1190. The third kappa shape index (κ3) is 4.96. The number of hydrogen-bond acceptors (Lipinski definition) is 8. The second-order valence-electron chi connectivity index (χ2n) is 6.99. The first-order valence-corrected chi connectivity index (χ1v) is 12.2. The third-order valence-corrected chi connectivity index (χ3v) is 7.70. The summed E-state index contributed by atoms with van der Waals surface area (Å²) in [5, 5.41) is 5.36. The van der Waals surface area contributed by atoms with E-state index in [1.54, 1.807) is 18.5 Å². The number of aromatic nitrogens is 2. The number of carbonyl (C=O) groups excluding carboxylic acids is 1. The lowest BCUT2D eigenvalue weighted by molar-refractivity contribution is -0.115. The summed E-state index contributed by atoms with van der Waals surface area (Å²) < 4.78 is 38.1. The maximum absolute atomic E-state index is 13.1. The molecule has 0 saturated carbocycles. The van der Waals surface area contributed by atoms with E-state index in [-0.39, 0.29) is 36.1 Å². The quantitative estimate of drug-likeness (QED) is 0.560. The molecule has 1 fully saturated rings. The van der Waals surface area contributed by atoms with Gasteiger partial charge in [0.15, 0.2) is 0 Å². The van der Waals surface area contributed by atoms with E-state index in [4.69, 9.17) is 9.47 Å². The van der Waals surface area contributed by atoms with Crippen LogP contribution >= 0.6 is 11.3 Å². The number of nitrogens with zero attached hydrogens (tertiary/aromatic N) is 3. The van der Waals surface area contributed by atoms with Gasteiger partial charge in [0.2, 0.25) is 15.9 Å². The number of nitrogens with one attached hydrogen (secondary N) is 1. The smallest absolute Gasteiger partial charge is 0.246 e. The zero-order valence-corrected chi connectivity index (χ0v) is 19.0. The van der Waals surface area contributed by atoms with Gasteiger partial charge >= 0.3 is 0 Å². The first-order valence-electron chi connectivity index (χ1n) is 9.88. The predicted octanol–water partition coefficient (Wildman–Crippen LogP) is 2.42. The van der Waals surface area contributed by atoms with Crippen molar-refractivity contribution >= 4 is 33.0 Å². The molecule has 0 radical (unpaired) electrons. The number of methoxy groups -OCH3 is 1. The molecule has 168 valence electrons. The molecule has 0 atom stereocenters. The summed E-state index contributed by atoms with van der Waals surface area (Å²) in [6, 6.07) is 8.30. The molecule has 0 spiro atoms. The number of pyridine rings is 1. The fraction of sp³-hybridized carbons (Fsp3) is 0.286. The van der Waals surface area contributed by atoms with Gasteiger partial charge < -0.3 is 14.8 Å². The van der Waals surface area contributed by atoms with Crippen LogP contribution in [0.3, 0.4) is 0 Å². The Hall–Kier alpha value is -2.86. The molecule has 9 nitrogen and oxygen atoms in total. The van der Waals surface area contributed by atoms with Crippen molar-refractivity contribution in [2.45, 2.75) is 11.3 Å². The molecule has 1 saturated heterocycles. The van der Waals surface area contributed by atoms with Crippen molar-refractivity contribution in [2.75, 3.05) is 38.7 Å². The predicted molar refractivity (Wildman–Crippen MR) is 120 cm³/mol. The zero-order chi connectivity index (χ0) is 22.6. The number of benzene rings is 1. The van der Waals surface area contributed by atoms with Crippen LogP contribution in [0.4, 0.5) is 5.69 Å². The average Bonchev–Trinajstić information content (AvgIpc) is 3.28. The van der Waals surface area contributed by atoms with Crippen molar-refractivity contribution in [1.82, 2.24) is 14.3 Å². The van der Waals surface area contributed by atoms with Crippen molar-refractivity contribution < 1.29 is 22.7 Å². The topological polar surface area (TPSA) is 111 Å². The number of morpholine rings is 1. The summed E-state index contributed by atoms with van der Waals surface area (Å²) >= 11 is 1.43. The lowest BCUT2D eigenvalue weighted by Crippen LogP contribution is -2.40. The Balaban J connectivity index is 1.49. The Morgan fingerprint density at radius 1 is 1.28 bits per heavy atom. The molecule has 3 aromatic rings. The normalized spacial score (nSPS) is 14.8. The SMILES string of the molecule is COc1ccc(NC(=O)Cc2csc(-c3cccnc3)n2)cc1S(=O)(=O)N1CCOCC1. The van der Waals surface area contributed by atoms with Crippen LogP contribution in [-0.4, -0.2) is 62.0 Å². The van der Waals surface area contributed by atoms with Crippen molar-refractivity contribution in [1.29, 1.82) is 0 Å². The van der Waals surface area contributed by atoms with Crippen LogP contribution in [0.15, 0.2) is 53.0 Å². The van der Waals surface area contributed by atoms with Crippen LogP contribution in [0, 0.1) is 0 Å². The molecule has 32 heavy (non-hydrogen) atoms. The maximum atomic E-state index is 13.1. The van der Waals surface area contributed by atoms with E-state index in [0.717, 1.165) is 10.6 Å². The van der Waals surface area contributed by atoms with E-state index in [9.17, 15) is 13.2 Å². The fourth-order valence-electron chi connectivity index (χ4n) is 3.26. The van der Waals surface area contributed by atoms with Gasteiger partial charge in [-0.3, -0.25) is 9.78 Å². The Morgan fingerprint density at radius 2 is 2.09 bits per heavy atom. The molecule has 1 aromatic carbocycles. The van der Waals surface area contributed by atoms with E-state index in [1.165, 1.54) is 34.9 Å². The van der Waals surface area contributed by atoms with Crippen molar-refractivity contribution in [3.05, 3.63) is 53.8 Å². The number of rotatable bonds is 7. The molecule has 2 aromatic heterocycles. The molecule has 0 aliphatic carbocycles. The van der Waals surface area contributed by atoms with Gasteiger partial charge in [-0.15, -0.1) is 11.3 Å². The monoisotopic (exact) mass is 474 g/mol. The summed E-state index contributed by atoms with van der Waals surface area (Å²) in [5.74, 6) is -0.0805. The highest BCUT2D eigenvalue weighted by Crippen LogP contribution is 2.30. The molecule has 11 heteroatoms. The van der Waals surface area contributed by atoms with Crippen LogP contribution in [0.2, 0.25) is 0 Å². The second-order valence-corrected chi connectivity index (χ2v) is 9.76. The number of carbonyl (C=O) groups is 1. The summed E-state index contributed by atoms with van der Waals surface area (Å²) in [6.45, 7) is 1.22. The highest BCUT2D eigenvalue weighted by atomic mass is 32.2. The molecule has 0 bridgehead atoms. The standard InChI is InChI=1S/C21H22N4O5S2/c1-29-18-5-4-16(11-19(18)32(27,28)25-7-9-30-10-8-25)23-20(26)12-17-14-31-21(24-17)15-3-2-6-22-13-15/h2-6,11,13-14H,7-10,12H2,1H3,(H,23,26). The molecule has 1 amide bonds. The van der Waals surface area contributed by atoms with Gasteiger partial charge in [-0.1, -0.05) is 0 Å². The second kappa shape index (κ2) is 9.74. The highest BCUT2D eigenvalue weighted by molar-refractivity contribution is 7.89. The van der Waals surface area contributed by atoms with Gasteiger partial charge in [-0.05, 0) is 30.3 Å². The number of hydrogen-bond donors (Lipinski definition) is 1. The minimum atomic E-state index is -3.79. The molecule has 1 N–H and O–H groups in total. The summed E-state index contributed by atoms with van der Waals surface area (Å²) in [4.78, 5) is 21.2. The van der Waals surface area contributed by atoms with E-state index >= 15 is 0 Å². The Labute approximate surface area is 190 Å². The molecular weight excluding hydrogens is 452 g/mol. The van der Waals surface area contributed by atoms with Crippen LogP contribution in [0.25, 0.3) is 10.6 Å². The van der Waals surface area contributed by atoms with E-state index in [0.29, 0.717) is 24.6 Å². The maximum Gasteiger partial charge on any atom is 0.246 e. The fourth-order valence-corrected chi connectivity index (χ4v) is 5.66. The summed E-state index contributed by atoms with van der Waals surface area (Å²) in [5.41, 5.74) is 1.88. The van der Waals surface area contributed by atoms with Gasteiger partial charge in [0.05, 0.1) is 32.4 Å². The molecule has 1 aliphatic rings. The number of sulfonamides is 1. The van der Waals surface area contributed by atoms with Gasteiger partial charge in [0, 0.05) is 42.1 Å². The summed E-state index contributed by atoms with van der Waals surface area (Å²) in [6.07, 6.45) is 3.47. The van der Waals surface area contributed by atoms with Crippen LogP contribution < -0.4 is 10.1 Å². The molecule has 3 heterocycles. The third-order valence-electron chi connectivity index (χ3n) is 4.84. The first-order chi connectivity index (χ1) is 15.5. The average molecular weight is 475 g/mol. The van der Waals surface area contributed by atoms with Crippen LogP contribution in [-0.2, 0) is 26.0 Å². The van der Waals surface area contributed by atoms with Crippen LogP contribution in [0.1, 0.15) is 5.69 Å². The molecule has 4 rings (SSSR count). The first kappa shape index (κ1) is 22.3. The minimum absolute atomic E-state index is 0.00669. The van der Waals surface area contributed by atoms with Gasteiger partial charge in [0.1, 0.15) is 15.7 Å². The van der Waals surface area contributed by atoms with E-state index in [2.05, 4.69) is 15.3 Å². The highest BCUT2D eigenvalue weighted by Gasteiger charge is 2.29. The number of amides is 1. The van der Waals surface area contributed by atoms with E-state index < -0.39 is 10.0 Å². The number of ether oxygens (including phenoxy) is 2. The molecule has 1 aliphatic heterocycles.